The Balaban J connectivity index is 1.86. The lowest BCUT2D eigenvalue weighted by Crippen LogP contribution is -2.33. The molecular weight excluding hydrogens is 361 g/mol. The third kappa shape index (κ3) is 3.98. The molecule has 1 aliphatic heterocycles. The summed E-state index contributed by atoms with van der Waals surface area (Å²) in [4.78, 5) is 32.3. The number of rotatable bonds is 3. The minimum Gasteiger partial charge on any atom is -0.456 e. The van der Waals surface area contributed by atoms with E-state index in [1.54, 1.807) is 65.0 Å². The minimum absolute atomic E-state index is 0.0355. The molecule has 0 N–H and O–H groups in total. The van der Waals surface area contributed by atoms with E-state index in [4.69, 9.17) is 4.74 Å². The quantitative estimate of drug-likeness (QED) is 0.742. The Kier molecular flexibility index (Phi) is 5.10. The standard InChI is InChI=1S/C21H24FN3O3/c1-13-11-14(2)23-18(17(13)22)25-10-9-24(20(25)27)16-8-6-7-15(12-16)19(26)28-21(3,4)5/h6-8,11-12H,9-10H2,1-5H3. The van der Waals surface area contributed by atoms with Crippen LogP contribution in [0.3, 0.4) is 0 Å². The Morgan fingerprint density at radius 1 is 1.14 bits per heavy atom. The van der Waals surface area contributed by atoms with Gasteiger partial charge in [0.15, 0.2) is 11.6 Å². The highest BCUT2D eigenvalue weighted by molar-refractivity contribution is 6.06. The molecule has 0 unspecified atom stereocenters. The highest BCUT2D eigenvalue weighted by atomic mass is 19.1. The molecule has 1 fully saturated rings. The molecule has 0 radical (unpaired) electrons. The first-order chi connectivity index (χ1) is 13.1. The number of benzene rings is 1. The molecule has 2 heterocycles. The number of pyridine rings is 1. The first-order valence-electron chi connectivity index (χ1n) is 9.13. The molecule has 0 bridgehead atoms. The van der Waals surface area contributed by atoms with Crippen LogP contribution in [0.25, 0.3) is 0 Å². The highest BCUT2D eigenvalue weighted by Crippen LogP contribution is 2.28. The highest BCUT2D eigenvalue weighted by Gasteiger charge is 2.34. The summed E-state index contributed by atoms with van der Waals surface area (Å²) in [6.07, 6.45) is 0. The summed E-state index contributed by atoms with van der Waals surface area (Å²) in [5.41, 5.74) is 1.39. The predicted molar refractivity (Wildman–Crippen MR) is 105 cm³/mol. The summed E-state index contributed by atoms with van der Waals surface area (Å²) in [7, 11) is 0. The van der Waals surface area contributed by atoms with Crippen LogP contribution in [-0.2, 0) is 4.74 Å². The number of hydrogen-bond donors (Lipinski definition) is 0. The number of aryl methyl sites for hydroxylation is 2. The van der Waals surface area contributed by atoms with Crippen molar-refractivity contribution in [3.8, 4) is 0 Å². The number of halogens is 1. The number of anilines is 2. The number of esters is 1. The van der Waals surface area contributed by atoms with Gasteiger partial charge in [0, 0.05) is 24.5 Å². The van der Waals surface area contributed by atoms with Crippen molar-refractivity contribution in [3.05, 3.63) is 53.0 Å². The molecule has 148 valence electrons. The van der Waals surface area contributed by atoms with Crippen LogP contribution in [0.15, 0.2) is 30.3 Å². The second kappa shape index (κ2) is 7.22. The van der Waals surface area contributed by atoms with Crippen LogP contribution in [0.1, 0.15) is 42.4 Å². The Morgan fingerprint density at radius 3 is 2.50 bits per heavy atom. The molecule has 7 heteroatoms. The first kappa shape index (κ1) is 19.8. The molecule has 6 nitrogen and oxygen atoms in total. The zero-order chi connectivity index (χ0) is 20.6. The number of carbonyl (C=O) groups is 2. The van der Waals surface area contributed by atoms with Gasteiger partial charge in [-0.1, -0.05) is 6.07 Å². The smallest absolute Gasteiger partial charge is 0.338 e. The second-order valence-corrected chi connectivity index (χ2v) is 7.86. The molecule has 28 heavy (non-hydrogen) atoms. The average molecular weight is 385 g/mol. The van der Waals surface area contributed by atoms with Crippen LogP contribution in [0.5, 0.6) is 0 Å². The van der Waals surface area contributed by atoms with Crippen LogP contribution in [0.4, 0.5) is 20.7 Å². The fraction of sp³-hybridized carbons (Fsp3) is 0.381. The summed E-state index contributed by atoms with van der Waals surface area (Å²) in [6, 6.07) is 7.95. The van der Waals surface area contributed by atoms with Crippen LogP contribution < -0.4 is 9.80 Å². The lowest BCUT2D eigenvalue weighted by atomic mass is 10.1. The van der Waals surface area contributed by atoms with Gasteiger partial charge in [0.2, 0.25) is 0 Å². The molecule has 1 aliphatic rings. The van der Waals surface area contributed by atoms with E-state index < -0.39 is 17.4 Å². The molecule has 1 aromatic carbocycles. The van der Waals surface area contributed by atoms with Crippen molar-refractivity contribution in [2.24, 2.45) is 0 Å². The molecule has 0 spiro atoms. The maximum atomic E-state index is 14.5. The van der Waals surface area contributed by atoms with E-state index in [2.05, 4.69) is 4.98 Å². The summed E-state index contributed by atoms with van der Waals surface area (Å²) in [5.74, 6) is -0.920. The van der Waals surface area contributed by atoms with Crippen LogP contribution in [0, 0.1) is 19.7 Å². The number of hydrogen-bond acceptors (Lipinski definition) is 4. The normalized spacial score (nSPS) is 14.6. The lowest BCUT2D eigenvalue weighted by molar-refractivity contribution is 0.00695. The van der Waals surface area contributed by atoms with E-state index in [0.29, 0.717) is 35.6 Å². The Bertz CT molecular complexity index is 937. The Morgan fingerprint density at radius 2 is 1.82 bits per heavy atom. The lowest BCUT2D eigenvalue weighted by Gasteiger charge is -2.21. The maximum absolute atomic E-state index is 14.5. The topological polar surface area (TPSA) is 62.7 Å². The monoisotopic (exact) mass is 385 g/mol. The van der Waals surface area contributed by atoms with E-state index in [1.165, 1.54) is 9.80 Å². The van der Waals surface area contributed by atoms with Gasteiger partial charge in [0.05, 0.1) is 5.56 Å². The molecule has 0 atom stereocenters. The summed E-state index contributed by atoms with van der Waals surface area (Å²) in [5, 5.41) is 0. The summed E-state index contributed by atoms with van der Waals surface area (Å²) < 4.78 is 19.9. The van der Waals surface area contributed by atoms with Gasteiger partial charge in [-0.25, -0.2) is 19.0 Å². The molecular formula is C21H24FN3O3. The van der Waals surface area contributed by atoms with Gasteiger partial charge < -0.3 is 4.74 Å². The molecule has 2 aromatic rings. The van der Waals surface area contributed by atoms with Crippen molar-refractivity contribution in [2.75, 3.05) is 22.9 Å². The van der Waals surface area contributed by atoms with Gasteiger partial charge >= 0.3 is 12.0 Å². The SMILES string of the molecule is Cc1cc(C)c(F)c(N2CCN(c3cccc(C(=O)OC(C)(C)C)c3)C2=O)n1. The molecule has 1 saturated heterocycles. The van der Waals surface area contributed by atoms with Crippen molar-refractivity contribution < 1.29 is 18.7 Å². The van der Waals surface area contributed by atoms with E-state index >= 15 is 0 Å². The number of ether oxygens (including phenoxy) is 1. The third-order valence-corrected chi connectivity index (χ3v) is 4.31. The van der Waals surface area contributed by atoms with Crippen molar-refractivity contribution in [3.63, 3.8) is 0 Å². The second-order valence-electron chi connectivity index (χ2n) is 7.86. The Hall–Kier alpha value is -2.96. The molecule has 1 aromatic heterocycles. The number of urea groups is 1. The summed E-state index contributed by atoms with van der Waals surface area (Å²) >= 11 is 0. The van der Waals surface area contributed by atoms with E-state index in [1.807, 2.05) is 0 Å². The predicted octanol–water partition coefficient (Wildman–Crippen LogP) is 4.24. The molecule has 0 saturated carbocycles. The fourth-order valence-corrected chi connectivity index (χ4v) is 3.09. The maximum Gasteiger partial charge on any atom is 0.338 e. The van der Waals surface area contributed by atoms with Gasteiger partial charge in [0.25, 0.3) is 0 Å². The fourth-order valence-electron chi connectivity index (χ4n) is 3.09. The van der Waals surface area contributed by atoms with Gasteiger partial charge in [-0.2, -0.15) is 0 Å². The van der Waals surface area contributed by atoms with E-state index in [0.717, 1.165) is 0 Å². The largest absolute Gasteiger partial charge is 0.456 e. The van der Waals surface area contributed by atoms with Crippen molar-refractivity contribution in [2.45, 2.75) is 40.2 Å². The first-order valence-corrected chi connectivity index (χ1v) is 9.13. The van der Waals surface area contributed by atoms with E-state index in [-0.39, 0.29) is 11.8 Å². The van der Waals surface area contributed by atoms with Crippen LogP contribution in [-0.4, -0.2) is 35.7 Å². The van der Waals surface area contributed by atoms with Crippen molar-refractivity contribution in [1.82, 2.24) is 4.98 Å². The minimum atomic E-state index is -0.612. The van der Waals surface area contributed by atoms with Gasteiger partial charge in [-0.15, -0.1) is 0 Å². The van der Waals surface area contributed by atoms with E-state index in [9.17, 15) is 14.0 Å². The third-order valence-electron chi connectivity index (χ3n) is 4.31. The summed E-state index contributed by atoms with van der Waals surface area (Å²) in [6.45, 7) is 9.47. The number of carbonyl (C=O) groups excluding carboxylic acids is 2. The number of aromatic nitrogens is 1. The Labute approximate surface area is 163 Å². The number of amides is 2. The zero-order valence-corrected chi connectivity index (χ0v) is 16.7. The van der Waals surface area contributed by atoms with Crippen molar-refractivity contribution in [1.29, 1.82) is 0 Å². The van der Waals surface area contributed by atoms with Crippen LogP contribution >= 0.6 is 0 Å². The zero-order valence-electron chi connectivity index (χ0n) is 16.7. The number of nitrogens with zero attached hydrogens (tertiary/aromatic N) is 3. The molecule has 0 aliphatic carbocycles. The molecule has 2 amide bonds. The van der Waals surface area contributed by atoms with Crippen molar-refractivity contribution >= 4 is 23.5 Å². The van der Waals surface area contributed by atoms with Gasteiger partial charge in [0.1, 0.15) is 5.60 Å². The van der Waals surface area contributed by atoms with Gasteiger partial charge in [-0.05, 0) is 64.4 Å². The van der Waals surface area contributed by atoms with Crippen LogP contribution in [0.2, 0.25) is 0 Å². The average Bonchev–Trinajstić information content (AvgIpc) is 2.98. The molecule has 3 rings (SSSR count). The van der Waals surface area contributed by atoms with Gasteiger partial charge in [-0.3, -0.25) is 9.80 Å².